The minimum absolute atomic E-state index is 0.468. The van der Waals surface area contributed by atoms with Crippen LogP contribution in [-0.2, 0) is 0 Å². The van der Waals surface area contributed by atoms with Crippen LogP contribution in [0.2, 0.25) is 0 Å². The van der Waals surface area contributed by atoms with E-state index < -0.39 is 6.10 Å². The van der Waals surface area contributed by atoms with Gasteiger partial charge in [0, 0.05) is 6.42 Å². The molecule has 19 heavy (non-hydrogen) atoms. The van der Waals surface area contributed by atoms with E-state index in [0.29, 0.717) is 13.0 Å². The van der Waals surface area contributed by atoms with Crippen molar-refractivity contribution in [2.75, 3.05) is 6.61 Å². The van der Waals surface area contributed by atoms with E-state index in [1.54, 1.807) is 0 Å². The van der Waals surface area contributed by atoms with Gasteiger partial charge in [-0.3, -0.25) is 0 Å². The number of aryl methyl sites for hydroxylation is 2. The van der Waals surface area contributed by atoms with Crippen LogP contribution in [0.3, 0.4) is 0 Å². The molecule has 0 saturated carbocycles. The average Bonchev–Trinajstić information content (AvgIpc) is 2.38. The summed E-state index contributed by atoms with van der Waals surface area (Å²) in [5.74, 6) is 0.858. The third-order valence-electron chi connectivity index (χ3n) is 3.08. The highest BCUT2D eigenvalue weighted by Crippen LogP contribution is 2.19. The Morgan fingerprint density at radius 3 is 2.37 bits per heavy atom. The maximum atomic E-state index is 10.1. The van der Waals surface area contributed by atoms with Gasteiger partial charge in [0.25, 0.3) is 0 Å². The largest absolute Gasteiger partial charge is 0.493 e. The molecule has 0 aliphatic rings. The first kappa shape index (κ1) is 13.6. The van der Waals surface area contributed by atoms with Crippen molar-refractivity contribution >= 4 is 0 Å². The van der Waals surface area contributed by atoms with Crippen molar-refractivity contribution in [3.63, 3.8) is 0 Å². The molecule has 0 amide bonds. The molecule has 0 aliphatic carbocycles. The van der Waals surface area contributed by atoms with E-state index in [1.165, 1.54) is 5.56 Å². The van der Waals surface area contributed by atoms with Gasteiger partial charge in [-0.2, -0.15) is 0 Å². The van der Waals surface area contributed by atoms with E-state index in [9.17, 15) is 5.11 Å². The van der Waals surface area contributed by atoms with E-state index in [1.807, 2.05) is 62.4 Å². The summed E-state index contributed by atoms with van der Waals surface area (Å²) in [5.41, 5.74) is 3.29. The molecule has 1 N–H and O–H groups in total. The van der Waals surface area contributed by atoms with Gasteiger partial charge in [0.2, 0.25) is 0 Å². The third-order valence-corrected chi connectivity index (χ3v) is 3.08. The Kier molecular flexibility index (Phi) is 4.58. The van der Waals surface area contributed by atoms with Gasteiger partial charge in [0.1, 0.15) is 5.75 Å². The van der Waals surface area contributed by atoms with Crippen LogP contribution in [0, 0.1) is 13.8 Å². The first-order valence-electron chi connectivity index (χ1n) is 6.59. The van der Waals surface area contributed by atoms with E-state index in [-0.39, 0.29) is 0 Å². The minimum atomic E-state index is -0.468. The predicted octanol–water partition coefficient (Wildman–Crippen LogP) is 3.81. The van der Waals surface area contributed by atoms with Crippen molar-refractivity contribution in [3.8, 4) is 5.75 Å². The lowest BCUT2D eigenvalue weighted by Gasteiger charge is -2.12. The van der Waals surface area contributed by atoms with Crippen LogP contribution in [0.25, 0.3) is 0 Å². The van der Waals surface area contributed by atoms with Crippen molar-refractivity contribution < 1.29 is 9.84 Å². The highest BCUT2D eigenvalue weighted by Gasteiger charge is 2.07. The molecule has 0 aromatic heterocycles. The van der Waals surface area contributed by atoms with Gasteiger partial charge in [-0.25, -0.2) is 0 Å². The number of rotatable bonds is 5. The summed E-state index contributed by atoms with van der Waals surface area (Å²) in [5, 5.41) is 10.1. The average molecular weight is 256 g/mol. The third kappa shape index (κ3) is 4.11. The van der Waals surface area contributed by atoms with Crippen LogP contribution in [0.4, 0.5) is 0 Å². The lowest BCUT2D eigenvalue weighted by atomic mass is 10.0. The molecule has 1 atom stereocenters. The van der Waals surface area contributed by atoms with E-state index >= 15 is 0 Å². The highest BCUT2D eigenvalue weighted by molar-refractivity contribution is 5.27. The zero-order valence-corrected chi connectivity index (χ0v) is 11.5. The van der Waals surface area contributed by atoms with E-state index in [4.69, 9.17) is 4.74 Å². The fourth-order valence-electron chi connectivity index (χ4n) is 2.04. The lowest BCUT2D eigenvalue weighted by molar-refractivity contribution is 0.140. The molecule has 2 heteroatoms. The highest BCUT2D eigenvalue weighted by atomic mass is 16.5. The van der Waals surface area contributed by atoms with Crippen molar-refractivity contribution in [1.29, 1.82) is 0 Å². The predicted molar refractivity (Wildman–Crippen MR) is 77.4 cm³/mol. The molecule has 2 aromatic rings. The van der Waals surface area contributed by atoms with Crippen LogP contribution in [-0.4, -0.2) is 11.7 Å². The second-order valence-electron chi connectivity index (χ2n) is 4.88. The fraction of sp³-hybridized carbons (Fsp3) is 0.294. The van der Waals surface area contributed by atoms with Gasteiger partial charge in [-0.15, -0.1) is 0 Å². The molecular weight excluding hydrogens is 236 g/mol. The number of aliphatic hydroxyl groups excluding tert-OH is 1. The molecule has 0 heterocycles. The zero-order chi connectivity index (χ0) is 13.7. The molecule has 0 radical (unpaired) electrons. The minimum Gasteiger partial charge on any atom is -0.493 e. The van der Waals surface area contributed by atoms with E-state index in [2.05, 4.69) is 0 Å². The lowest BCUT2D eigenvalue weighted by Crippen LogP contribution is -2.05. The Bertz CT molecular complexity index is 534. The molecular formula is C17H20O2. The monoisotopic (exact) mass is 256 g/mol. The number of ether oxygens (including phenoxy) is 1. The summed E-state index contributed by atoms with van der Waals surface area (Å²) >= 11 is 0. The maximum Gasteiger partial charge on any atom is 0.119 e. The molecule has 2 nitrogen and oxygen atoms in total. The molecule has 0 aliphatic heterocycles. The van der Waals surface area contributed by atoms with Crippen molar-refractivity contribution in [2.45, 2.75) is 26.4 Å². The maximum absolute atomic E-state index is 10.1. The summed E-state index contributed by atoms with van der Waals surface area (Å²) in [4.78, 5) is 0. The Hall–Kier alpha value is -1.80. The molecule has 2 rings (SSSR count). The van der Waals surface area contributed by atoms with Gasteiger partial charge in [-0.05, 0) is 37.1 Å². The normalized spacial score (nSPS) is 12.2. The van der Waals surface area contributed by atoms with Crippen molar-refractivity contribution in [2.24, 2.45) is 0 Å². The Labute approximate surface area is 114 Å². The van der Waals surface area contributed by atoms with Crippen molar-refractivity contribution in [1.82, 2.24) is 0 Å². The van der Waals surface area contributed by atoms with Gasteiger partial charge in [0.05, 0.1) is 12.7 Å². The molecule has 0 bridgehead atoms. The molecule has 100 valence electrons. The topological polar surface area (TPSA) is 29.5 Å². The van der Waals surface area contributed by atoms with Crippen LogP contribution < -0.4 is 4.74 Å². The quantitative estimate of drug-likeness (QED) is 0.881. The van der Waals surface area contributed by atoms with Crippen LogP contribution in [0.5, 0.6) is 5.75 Å². The van der Waals surface area contributed by atoms with Gasteiger partial charge in [0.15, 0.2) is 0 Å². The van der Waals surface area contributed by atoms with Crippen molar-refractivity contribution in [3.05, 3.63) is 65.2 Å². The molecule has 0 saturated heterocycles. The zero-order valence-electron chi connectivity index (χ0n) is 11.5. The fourth-order valence-corrected chi connectivity index (χ4v) is 2.04. The van der Waals surface area contributed by atoms with Crippen LogP contribution >= 0.6 is 0 Å². The summed E-state index contributed by atoms with van der Waals surface area (Å²) in [6, 6.07) is 15.9. The molecule has 1 unspecified atom stereocenters. The van der Waals surface area contributed by atoms with E-state index in [0.717, 1.165) is 16.9 Å². The summed E-state index contributed by atoms with van der Waals surface area (Å²) < 4.78 is 5.65. The Balaban J connectivity index is 1.85. The Morgan fingerprint density at radius 1 is 1.00 bits per heavy atom. The number of hydrogen-bond acceptors (Lipinski definition) is 2. The Morgan fingerprint density at radius 2 is 1.68 bits per heavy atom. The number of aliphatic hydroxyl groups is 1. The van der Waals surface area contributed by atoms with Gasteiger partial charge < -0.3 is 9.84 Å². The molecule has 2 aromatic carbocycles. The number of hydrogen-bond donors (Lipinski definition) is 1. The van der Waals surface area contributed by atoms with Crippen LogP contribution in [0.1, 0.15) is 29.2 Å². The standard InChI is InChI=1S/C17H20O2/c1-13-5-3-7-15(11-13)17(18)9-10-19-16-8-4-6-14(2)12-16/h3-8,11-12,17-18H,9-10H2,1-2H3. The molecule has 0 spiro atoms. The van der Waals surface area contributed by atoms with Gasteiger partial charge in [-0.1, -0.05) is 42.0 Å². The van der Waals surface area contributed by atoms with Gasteiger partial charge >= 0.3 is 0 Å². The smallest absolute Gasteiger partial charge is 0.119 e. The summed E-state index contributed by atoms with van der Waals surface area (Å²) in [7, 11) is 0. The molecule has 0 fully saturated rings. The van der Waals surface area contributed by atoms with Crippen LogP contribution in [0.15, 0.2) is 48.5 Å². The first-order chi connectivity index (χ1) is 9.15. The summed E-state index contributed by atoms with van der Waals surface area (Å²) in [6.07, 6.45) is 0.127. The summed E-state index contributed by atoms with van der Waals surface area (Å²) in [6.45, 7) is 4.58. The second kappa shape index (κ2) is 6.39. The first-order valence-corrected chi connectivity index (χ1v) is 6.59. The number of benzene rings is 2. The second-order valence-corrected chi connectivity index (χ2v) is 4.88. The SMILES string of the molecule is Cc1cccc(OCCC(O)c2cccc(C)c2)c1.